The summed E-state index contributed by atoms with van der Waals surface area (Å²) in [5.41, 5.74) is 2.50. The molecule has 76 valence electrons. The number of alkyl halides is 1. The lowest BCUT2D eigenvalue weighted by atomic mass is 10.0. The van der Waals surface area contributed by atoms with Gasteiger partial charge >= 0.3 is 0 Å². The maximum atomic E-state index is 11.0. The van der Waals surface area contributed by atoms with Gasteiger partial charge in [-0.3, -0.25) is 4.79 Å². The highest BCUT2D eigenvalue weighted by molar-refractivity contribution is 9.09. The molecule has 0 atom stereocenters. The van der Waals surface area contributed by atoms with Crippen molar-refractivity contribution in [3.63, 3.8) is 0 Å². The molecule has 2 nitrogen and oxygen atoms in total. The summed E-state index contributed by atoms with van der Waals surface area (Å²) in [7, 11) is 0. The lowest BCUT2D eigenvalue weighted by Crippen LogP contribution is -1.91. The van der Waals surface area contributed by atoms with Crippen LogP contribution in [0.4, 0.5) is 0 Å². The number of nitriles is 1. The van der Waals surface area contributed by atoms with E-state index in [1.54, 1.807) is 18.2 Å². The first-order valence-corrected chi connectivity index (χ1v) is 5.57. The van der Waals surface area contributed by atoms with E-state index < -0.39 is 0 Å². The minimum atomic E-state index is 0.0220. The summed E-state index contributed by atoms with van der Waals surface area (Å²) in [5, 5.41) is 9.27. The monoisotopic (exact) mass is 263 g/mol. The number of rotatable bonds is 3. The second kappa shape index (κ2) is 5.47. The third-order valence-corrected chi connectivity index (χ3v) is 2.51. The van der Waals surface area contributed by atoms with E-state index in [2.05, 4.69) is 22.0 Å². The molecule has 0 saturated heterocycles. The molecule has 15 heavy (non-hydrogen) atoms. The second-order valence-electron chi connectivity index (χ2n) is 3.10. The van der Waals surface area contributed by atoms with E-state index >= 15 is 0 Å². The van der Waals surface area contributed by atoms with Crippen LogP contribution >= 0.6 is 15.9 Å². The van der Waals surface area contributed by atoms with Crippen molar-refractivity contribution in [2.45, 2.75) is 6.92 Å². The number of allylic oxidation sites excluding steroid dienone is 2. The Kier molecular flexibility index (Phi) is 4.26. The molecule has 0 amide bonds. The number of halogens is 1. The fourth-order valence-corrected chi connectivity index (χ4v) is 1.69. The first kappa shape index (κ1) is 11.7. The average Bonchev–Trinajstić information content (AvgIpc) is 2.26. The molecule has 0 radical (unpaired) electrons. The highest BCUT2D eigenvalue weighted by Crippen LogP contribution is 2.17. The van der Waals surface area contributed by atoms with Crippen molar-refractivity contribution in [1.82, 2.24) is 0 Å². The zero-order chi connectivity index (χ0) is 11.3. The Labute approximate surface area is 97.4 Å². The average molecular weight is 264 g/mol. The molecule has 0 aliphatic carbocycles. The summed E-state index contributed by atoms with van der Waals surface area (Å²) in [6, 6.07) is 9.22. The van der Waals surface area contributed by atoms with Crippen LogP contribution in [0.25, 0.3) is 5.57 Å². The van der Waals surface area contributed by atoms with Gasteiger partial charge in [0.05, 0.1) is 11.6 Å². The summed E-state index contributed by atoms with van der Waals surface area (Å²) >= 11 is 3.33. The molecule has 0 aromatic heterocycles. The Balaban J connectivity index is 3.04. The molecular formula is C12H10BrNO. The van der Waals surface area contributed by atoms with Crippen LogP contribution in [0.2, 0.25) is 0 Å². The molecular weight excluding hydrogens is 254 g/mol. The van der Waals surface area contributed by atoms with Crippen molar-refractivity contribution in [2.75, 3.05) is 5.33 Å². The minimum absolute atomic E-state index is 0.0220. The second-order valence-corrected chi connectivity index (χ2v) is 3.66. The topological polar surface area (TPSA) is 40.9 Å². The van der Waals surface area contributed by atoms with Crippen LogP contribution in [-0.2, 0) is 4.79 Å². The molecule has 1 aromatic rings. The highest BCUT2D eigenvalue weighted by atomic mass is 79.9. The lowest BCUT2D eigenvalue weighted by Gasteiger charge is -2.02. The van der Waals surface area contributed by atoms with E-state index in [1.165, 1.54) is 6.92 Å². The maximum Gasteiger partial charge on any atom is 0.152 e. The van der Waals surface area contributed by atoms with Gasteiger partial charge in [0.15, 0.2) is 5.78 Å². The molecule has 0 aliphatic heterocycles. The summed E-state index contributed by atoms with van der Waals surface area (Å²) in [4.78, 5) is 11.0. The van der Waals surface area contributed by atoms with Crippen LogP contribution in [0.3, 0.4) is 0 Å². The Hall–Kier alpha value is -1.40. The van der Waals surface area contributed by atoms with E-state index in [1.807, 2.05) is 12.1 Å². The van der Waals surface area contributed by atoms with Crippen LogP contribution in [0.1, 0.15) is 18.1 Å². The Bertz CT molecular complexity index is 426. The van der Waals surface area contributed by atoms with Crippen LogP contribution in [0.5, 0.6) is 0 Å². The minimum Gasteiger partial charge on any atom is -0.295 e. The van der Waals surface area contributed by atoms with Gasteiger partial charge in [0.25, 0.3) is 0 Å². The van der Waals surface area contributed by atoms with E-state index in [-0.39, 0.29) is 5.78 Å². The molecule has 0 aliphatic rings. The van der Waals surface area contributed by atoms with Crippen LogP contribution < -0.4 is 0 Å². The van der Waals surface area contributed by atoms with Gasteiger partial charge < -0.3 is 0 Å². The van der Waals surface area contributed by atoms with E-state index in [0.29, 0.717) is 10.9 Å². The molecule has 0 heterocycles. The molecule has 1 rings (SSSR count). The number of nitrogens with zero attached hydrogens (tertiary/aromatic N) is 1. The van der Waals surface area contributed by atoms with E-state index in [0.717, 1.165) is 11.1 Å². The molecule has 0 N–H and O–H groups in total. The fraction of sp³-hybridized carbons (Fsp3) is 0.167. The van der Waals surface area contributed by atoms with Crippen molar-refractivity contribution in [1.29, 1.82) is 5.26 Å². The summed E-state index contributed by atoms with van der Waals surface area (Å²) in [6.45, 7) is 1.52. The van der Waals surface area contributed by atoms with E-state index in [9.17, 15) is 4.79 Å². The van der Waals surface area contributed by atoms with Gasteiger partial charge in [0.2, 0.25) is 0 Å². The first-order valence-electron chi connectivity index (χ1n) is 4.45. The Morgan fingerprint density at radius 1 is 1.47 bits per heavy atom. The quantitative estimate of drug-likeness (QED) is 0.622. The largest absolute Gasteiger partial charge is 0.295 e. The zero-order valence-corrected chi connectivity index (χ0v) is 9.91. The molecule has 0 saturated carbocycles. The Morgan fingerprint density at radius 2 is 2.07 bits per heavy atom. The summed E-state index contributed by atoms with van der Waals surface area (Å²) in [6.07, 6.45) is 1.59. The third kappa shape index (κ3) is 3.34. The van der Waals surface area contributed by atoms with Gasteiger partial charge in [-0.05, 0) is 36.3 Å². The first-order chi connectivity index (χ1) is 7.17. The predicted molar refractivity (Wildman–Crippen MR) is 63.6 cm³/mol. The zero-order valence-electron chi connectivity index (χ0n) is 8.33. The summed E-state index contributed by atoms with van der Waals surface area (Å²) < 4.78 is 0. The van der Waals surface area contributed by atoms with Crippen molar-refractivity contribution in [2.24, 2.45) is 0 Å². The van der Waals surface area contributed by atoms with Crippen LogP contribution in [0.15, 0.2) is 30.3 Å². The predicted octanol–water partition coefficient (Wildman–Crippen LogP) is 2.93. The van der Waals surface area contributed by atoms with Crippen LogP contribution in [-0.4, -0.2) is 11.1 Å². The number of carbonyl (C=O) groups excluding carboxylic acids is 1. The Morgan fingerprint density at radius 3 is 2.47 bits per heavy atom. The number of hydrogen-bond acceptors (Lipinski definition) is 2. The third-order valence-electron chi connectivity index (χ3n) is 1.91. The molecule has 0 spiro atoms. The van der Waals surface area contributed by atoms with Gasteiger partial charge in [-0.1, -0.05) is 28.1 Å². The smallest absolute Gasteiger partial charge is 0.152 e. The molecule has 1 aromatic carbocycles. The number of hydrogen-bond donors (Lipinski definition) is 0. The SMILES string of the molecule is CC(=O)/C=C(\CBr)c1ccc(C#N)cc1. The molecule has 0 fully saturated rings. The summed E-state index contributed by atoms with van der Waals surface area (Å²) in [5.74, 6) is 0.0220. The molecule has 0 unspecified atom stereocenters. The van der Waals surface area contributed by atoms with Crippen molar-refractivity contribution < 1.29 is 4.79 Å². The number of ketones is 1. The van der Waals surface area contributed by atoms with E-state index in [4.69, 9.17) is 5.26 Å². The van der Waals surface area contributed by atoms with Crippen molar-refractivity contribution >= 4 is 27.3 Å². The highest BCUT2D eigenvalue weighted by Gasteiger charge is 2.01. The number of carbonyl (C=O) groups is 1. The van der Waals surface area contributed by atoms with Crippen molar-refractivity contribution in [3.05, 3.63) is 41.5 Å². The van der Waals surface area contributed by atoms with Crippen molar-refractivity contribution in [3.8, 4) is 6.07 Å². The van der Waals surface area contributed by atoms with Gasteiger partial charge in [-0.25, -0.2) is 0 Å². The molecule has 0 bridgehead atoms. The van der Waals surface area contributed by atoms with Gasteiger partial charge in [0, 0.05) is 5.33 Å². The molecule has 3 heteroatoms. The van der Waals surface area contributed by atoms with Gasteiger partial charge in [-0.2, -0.15) is 5.26 Å². The standard InChI is InChI=1S/C12H10BrNO/c1-9(15)6-12(7-13)11-4-2-10(8-14)3-5-11/h2-6H,7H2,1H3/b12-6+. The number of benzene rings is 1. The van der Waals surface area contributed by atoms with Gasteiger partial charge in [-0.15, -0.1) is 0 Å². The van der Waals surface area contributed by atoms with Gasteiger partial charge in [0.1, 0.15) is 0 Å². The maximum absolute atomic E-state index is 11.0. The fourth-order valence-electron chi connectivity index (χ4n) is 1.20. The lowest BCUT2D eigenvalue weighted by molar-refractivity contribution is -0.112. The normalized spacial score (nSPS) is 10.9. The van der Waals surface area contributed by atoms with Crippen LogP contribution in [0, 0.1) is 11.3 Å².